The number of halogens is 1. The van der Waals surface area contributed by atoms with Crippen molar-refractivity contribution < 1.29 is 41.9 Å². The third-order valence-corrected chi connectivity index (χ3v) is 9.31. The van der Waals surface area contributed by atoms with Crippen molar-refractivity contribution >= 4 is 51.2 Å². The zero-order chi connectivity index (χ0) is 35.3. The number of ether oxygens (including phenoxy) is 2. The van der Waals surface area contributed by atoms with Gasteiger partial charge < -0.3 is 30.7 Å². The smallest absolute Gasteiger partial charge is 0.408 e. The monoisotopic (exact) mass is 704 g/mol. The molecule has 0 spiro atoms. The van der Waals surface area contributed by atoms with Gasteiger partial charge in [0, 0.05) is 12.7 Å². The highest BCUT2D eigenvalue weighted by atomic mass is 35.5. The van der Waals surface area contributed by atoms with Crippen LogP contribution in [0.5, 0.6) is 0 Å². The molecule has 0 aromatic heterocycles. The second-order valence-corrected chi connectivity index (χ2v) is 13.9. The summed E-state index contributed by atoms with van der Waals surface area (Å²) in [4.78, 5) is 63.8. The molecule has 15 heteroatoms. The molecule has 1 aliphatic carbocycles. The first-order chi connectivity index (χ1) is 22.8. The number of carbonyl (C=O) groups is 5. The highest BCUT2D eigenvalue weighted by Crippen LogP contribution is 2.29. The molecule has 0 unspecified atom stereocenters. The number of hydrogen-bond donors (Lipinski definition) is 4. The number of sulfone groups is 1. The summed E-state index contributed by atoms with van der Waals surface area (Å²) < 4.78 is 33.3. The van der Waals surface area contributed by atoms with E-state index in [1.807, 2.05) is 30.3 Å². The van der Waals surface area contributed by atoms with Crippen molar-refractivity contribution in [1.82, 2.24) is 21.3 Å². The van der Waals surface area contributed by atoms with Gasteiger partial charge in [-0.2, -0.15) is 0 Å². The van der Waals surface area contributed by atoms with Crippen LogP contribution >= 0.6 is 11.6 Å². The number of fused-ring (bicyclic) bond motifs is 1. The van der Waals surface area contributed by atoms with Gasteiger partial charge in [-0.25, -0.2) is 13.2 Å². The third kappa shape index (κ3) is 12.3. The van der Waals surface area contributed by atoms with Gasteiger partial charge in [-0.05, 0) is 61.8 Å². The highest BCUT2D eigenvalue weighted by molar-refractivity contribution is 7.96. The maximum absolute atomic E-state index is 13.5. The van der Waals surface area contributed by atoms with Gasteiger partial charge in [0.25, 0.3) is 0 Å². The lowest BCUT2D eigenvalue weighted by Gasteiger charge is -2.26. The van der Waals surface area contributed by atoms with Crippen LogP contribution in [0.15, 0.2) is 65.0 Å². The highest BCUT2D eigenvalue weighted by Gasteiger charge is 2.35. The van der Waals surface area contributed by atoms with Crippen molar-refractivity contribution in [2.75, 3.05) is 19.4 Å². The van der Waals surface area contributed by atoms with Gasteiger partial charge in [-0.3, -0.25) is 19.2 Å². The van der Waals surface area contributed by atoms with Gasteiger partial charge >= 0.3 is 12.1 Å². The molecule has 4 amide bonds. The van der Waals surface area contributed by atoms with Crippen LogP contribution in [0.4, 0.5) is 4.79 Å². The van der Waals surface area contributed by atoms with Crippen molar-refractivity contribution in [2.45, 2.75) is 64.3 Å². The molecule has 0 saturated carbocycles. The minimum Gasteiger partial charge on any atom is -0.466 e. The van der Waals surface area contributed by atoms with E-state index in [0.29, 0.717) is 12.8 Å². The van der Waals surface area contributed by atoms with Crippen LogP contribution < -0.4 is 21.3 Å². The topological polar surface area (TPSA) is 186 Å². The lowest BCUT2D eigenvalue weighted by molar-refractivity contribution is -0.143. The van der Waals surface area contributed by atoms with E-state index in [9.17, 15) is 32.4 Å². The van der Waals surface area contributed by atoms with E-state index in [-0.39, 0.29) is 32.0 Å². The summed E-state index contributed by atoms with van der Waals surface area (Å²) in [6.45, 7) is 2.73. The second kappa shape index (κ2) is 18.2. The third-order valence-electron chi connectivity index (χ3n) is 7.50. The molecule has 4 N–H and O–H groups in total. The summed E-state index contributed by atoms with van der Waals surface area (Å²) >= 11 is 5.90. The average Bonchev–Trinajstić information content (AvgIpc) is 3.48. The van der Waals surface area contributed by atoms with Crippen molar-refractivity contribution in [1.29, 1.82) is 0 Å². The second-order valence-electron chi connectivity index (χ2n) is 11.3. The molecule has 2 aromatic rings. The van der Waals surface area contributed by atoms with Gasteiger partial charge in [0.15, 0.2) is 9.84 Å². The number of carbonyl (C=O) groups excluding carboxylic acids is 5. The standard InChI is InChI=1S/C33H41ClN4O9S/c1-4-46-29(40)15-14-26(18-27(34)48(3,44)45)37-28(39)19-35-32(42)30(25-16-23-12-8-9-13-24(23)17-25)38-31(41)21(2)36-33(43)47-20-22-10-6-5-7-11-22/h5-13,18,21,25-26,30H,4,14-17,19-20H2,1-3H3,(H,35,42)(H,36,43)(H,37,39)(H,38,41)/b27-18+/t21-,26-,30-/m0/s1. The number of hydrogen-bond acceptors (Lipinski definition) is 9. The Kier molecular flexibility index (Phi) is 14.4. The van der Waals surface area contributed by atoms with E-state index in [2.05, 4.69) is 21.3 Å². The quantitative estimate of drug-likeness (QED) is 0.190. The van der Waals surface area contributed by atoms with Crippen LogP contribution in [0.25, 0.3) is 0 Å². The predicted molar refractivity (Wildman–Crippen MR) is 178 cm³/mol. The summed E-state index contributed by atoms with van der Waals surface area (Å²) in [5.41, 5.74) is 2.83. The first-order valence-corrected chi connectivity index (χ1v) is 17.7. The van der Waals surface area contributed by atoms with Crippen LogP contribution in [-0.2, 0) is 57.9 Å². The fourth-order valence-electron chi connectivity index (χ4n) is 5.03. The fraction of sp³-hybridized carbons (Fsp3) is 0.424. The molecule has 13 nitrogen and oxygen atoms in total. The zero-order valence-electron chi connectivity index (χ0n) is 27.0. The van der Waals surface area contributed by atoms with E-state index < -0.39 is 68.7 Å². The number of esters is 1. The van der Waals surface area contributed by atoms with Crippen molar-refractivity contribution in [3.05, 3.63) is 81.7 Å². The van der Waals surface area contributed by atoms with Gasteiger partial charge in [-0.1, -0.05) is 66.2 Å². The van der Waals surface area contributed by atoms with E-state index in [1.165, 1.54) is 6.92 Å². The van der Waals surface area contributed by atoms with Gasteiger partial charge in [0.1, 0.15) is 23.1 Å². The summed E-state index contributed by atoms with van der Waals surface area (Å²) in [7, 11) is -3.78. The normalized spacial score (nSPS) is 14.9. The number of alkyl carbamates (subject to hydrolysis) is 1. The lowest BCUT2D eigenvalue weighted by atomic mass is 9.95. The molecule has 0 radical (unpaired) electrons. The SMILES string of the molecule is CCOC(=O)CC[C@@H](/C=C(\Cl)S(C)(=O)=O)NC(=O)CNC(=O)[C@@H](NC(=O)[C@H](C)NC(=O)OCc1ccccc1)C1Cc2ccccc2C1. The molecular formula is C33H41ClN4O9S. The van der Waals surface area contributed by atoms with Gasteiger partial charge in [0.05, 0.1) is 19.2 Å². The minimum atomic E-state index is -3.78. The Morgan fingerprint density at radius 2 is 1.54 bits per heavy atom. The molecular weight excluding hydrogens is 664 g/mol. The molecule has 3 rings (SSSR count). The summed E-state index contributed by atoms with van der Waals surface area (Å²) in [6, 6.07) is 13.6. The van der Waals surface area contributed by atoms with Crippen molar-refractivity contribution in [3.8, 4) is 0 Å². The van der Waals surface area contributed by atoms with E-state index in [0.717, 1.165) is 29.0 Å². The van der Waals surface area contributed by atoms with Crippen molar-refractivity contribution in [3.63, 3.8) is 0 Å². The average molecular weight is 705 g/mol. The Hall–Kier alpha value is -4.43. The molecule has 0 bridgehead atoms. The Morgan fingerprint density at radius 1 is 0.917 bits per heavy atom. The van der Waals surface area contributed by atoms with E-state index in [1.54, 1.807) is 31.2 Å². The maximum atomic E-state index is 13.5. The summed E-state index contributed by atoms with van der Waals surface area (Å²) in [5, 5.41) is 10.3. The van der Waals surface area contributed by atoms with Crippen molar-refractivity contribution in [2.24, 2.45) is 5.92 Å². The van der Waals surface area contributed by atoms with Crippen LogP contribution in [0.1, 0.15) is 43.4 Å². The summed E-state index contributed by atoms with van der Waals surface area (Å²) in [5.74, 6) is -2.85. The van der Waals surface area contributed by atoms with Gasteiger partial charge in [-0.15, -0.1) is 0 Å². The maximum Gasteiger partial charge on any atom is 0.408 e. The summed E-state index contributed by atoms with van der Waals surface area (Å²) in [6.07, 6.45) is 2.04. The number of rotatable bonds is 16. The molecule has 1 aliphatic rings. The molecule has 260 valence electrons. The van der Waals surface area contributed by atoms with E-state index >= 15 is 0 Å². The number of nitrogens with one attached hydrogen (secondary N) is 4. The molecule has 0 saturated heterocycles. The molecule has 0 aliphatic heterocycles. The Morgan fingerprint density at radius 3 is 2.15 bits per heavy atom. The molecule has 0 heterocycles. The number of benzene rings is 2. The molecule has 3 atom stereocenters. The first-order valence-electron chi connectivity index (χ1n) is 15.4. The largest absolute Gasteiger partial charge is 0.466 e. The van der Waals surface area contributed by atoms with Crippen LogP contribution in [0, 0.1) is 5.92 Å². The fourth-order valence-corrected chi connectivity index (χ4v) is 5.60. The van der Waals surface area contributed by atoms with Crippen LogP contribution in [-0.4, -0.2) is 75.7 Å². The predicted octanol–water partition coefficient (Wildman–Crippen LogP) is 2.27. The zero-order valence-corrected chi connectivity index (χ0v) is 28.6. The number of amides is 4. The van der Waals surface area contributed by atoms with Crippen LogP contribution in [0.2, 0.25) is 0 Å². The van der Waals surface area contributed by atoms with Gasteiger partial charge in [0.2, 0.25) is 17.7 Å². The Balaban J connectivity index is 1.65. The Labute approximate surface area is 285 Å². The first kappa shape index (κ1) is 38.0. The molecule has 48 heavy (non-hydrogen) atoms. The lowest BCUT2D eigenvalue weighted by Crippen LogP contribution is -2.56. The molecule has 2 aromatic carbocycles. The van der Waals surface area contributed by atoms with Crippen LogP contribution in [0.3, 0.4) is 0 Å². The Bertz CT molecular complexity index is 1580. The molecule has 0 fully saturated rings. The van der Waals surface area contributed by atoms with E-state index in [4.69, 9.17) is 21.1 Å². The minimum absolute atomic E-state index is 0.00831.